The number of nitrogens with zero attached hydrogens (tertiary/aromatic N) is 2. The van der Waals surface area contributed by atoms with Crippen LogP contribution in [0.2, 0.25) is 0 Å². The highest BCUT2D eigenvalue weighted by atomic mass is 16.2. The SMILES string of the molecule is O=C(N/N=C/c1cccc(-c2ccncc2)c1)c1c[nH]c2ccccc12. The van der Waals surface area contributed by atoms with Crippen LogP contribution in [0, 0.1) is 0 Å². The molecule has 4 aromatic rings. The molecule has 0 aliphatic carbocycles. The maximum absolute atomic E-state index is 12.3. The third-order valence-corrected chi connectivity index (χ3v) is 4.11. The minimum absolute atomic E-state index is 0.246. The molecular weight excluding hydrogens is 324 g/mol. The van der Waals surface area contributed by atoms with Gasteiger partial charge in [-0.25, -0.2) is 5.43 Å². The van der Waals surface area contributed by atoms with Crippen molar-refractivity contribution in [2.24, 2.45) is 5.10 Å². The normalized spacial score (nSPS) is 11.1. The summed E-state index contributed by atoms with van der Waals surface area (Å²) < 4.78 is 0. The lowest BCUT2D eigenvalue weighted by molar-refractivity contribution is 0.0957. The zero-order valence-corrected chi connectivity index (χ0v) is 13.9. The van der Waals surface area contributed by atoms with E-state index in [1.54, 1.807) is 24.8 Å². The van der Waals surface area contributed by atoms with Gasteiger partial charge < -0.3 is 4.98 Å². The number of amides is 1. The van der Waals surface area contributed by atoms with Gasteiger partial charge in [-0.3, -0.25) is 9.78 Å². The molecule has 0 aliphatic rings. The lowest BCUT2D eigenvalue weighted by Gasteiger charge is -2.02. The van der Waals surface area contributed by atoms with Gasteiger partial charge in [0, 0.05) is 29.5 Å². The number of carbonyl (C=O) groups excluding carboxylic acids is 1. The minimum atomic E-state index is -0.246. The van der Waals surface area contributed by atoms with E-state index in [0.717, 1.165) is 27.6 Å². The summed E-state index contributed by atoms with van der Waals surface area (Å²) in [6.45, 7) is 0. The lowest BCUT2D eigenvalue weighted by atomic mass is 10.0. The maximum atomic E-state index is 12.3. The molecular formula is C21H16N4O. The number of nitrogens with one attached hydrogen (secondary N) is 2. The monoisotopic (exact) mass is 340 g/mol. The van der Waals surface area contributed by atoms with Crippen molar-refractivity contribution in [1.29, 1.82) is 0 Å². The summed E-state index contributed by atoms with van der Waals surface area (Å²) in [7, 11) is 0. The van der Waals surface area contributed by atoms with E-state index in [-0.39, 0.29) is 5.91 Å². The number of carbonyl (C=O) groups is 1. The highest BCUT2D eigenvalue weighted by molar-refractivity contribution is 6.06. The van der Waals surface area contributed by atoms with Crippen molar-refractivity contribution in [3.05, 3.63) is 90.4 Å². The molecule has 5 heteroatoms. The fourth-order valence-electron chi connectivity index (χ4n) is 2.83. The zero-order valence-electron chi connectivity index (χ0n) is 13.9. The number of hydrogen-bond donors (Lipinski definition) is 2. The van der Waals surface area contributed by atoms with Crippen molar-refractivity contribution in [1.82, 2.24) is 15.4 Å². The molecule has 2 aromatic heterocycles. The fraction of sp³-hybridized carbons (Fsp3) is 0. The van der Waals surface area contributed by atoms with Crippen molar-refractivity contribution in [3.8, 4) is 11.1 Å². The van der Waals surface area contributed by atoms with Crippen molar-refractivity contribution in [3.63, 3.8) is 0 Å². The van der Waals surface area contributed by atoms with E-state index in [1.165, 1.54) is 0 Å². The van der Waals surface area contributed by atoms with Gasteiger partial charge in [0.05, 0.1) is 11.8 Å². The van der Waals surface area contributed by atoms with Crippen LogP contribution in [0.3, 0.4) is 0 Å². The third kappa shape index (κ3) is 3.23. The van der Waals surface area contributed by atoms with Crippen LogP contribution < -0.4 is 5.43 Å². The van der Waals surface area contributed by atoms with Gasteiger partial charge in [0.15, 0.2) is 0 Å². The molecule has 4 rings (SSSR count). The second kappa shape index (κ2) is 7.03. The first-order chi connectivity index (χ1) is 12.8. The zero-order chi connectivity index (χ0) is 17.8. The van der Waals surface area contributed by atoms with Gasteiger partial charge in [-0.15, -0.1) is 0 Å². The Bertz CT molecular complexity index is 1080. The Morgan fingerprint density at radius 2 is 1.85 bits per heavy atom. The van der Waals surface area contributed by atoms with Crippen molar-refractivity contribution in [2.75, 3.05) is 0 Å². The highest BCUT2D eigenvalue weighted by Gasteiger charge is 2.10. The minimum Gasteiger partial charge on any atom is -0.360 e. The van der Waals surface area contributed by atoms with E-state index in [9.17, 15) is 4.79 Å². The molecule has 5 nitrogen and oxygen atoms in total. The first kappa shape index (κ1) is 15.8. The van der Waals surface area contributed by atoms with Gasteiger partial charge in [-0.1, -0.05) is 36.4 Å². The Balaban J connectivity index is 1.49. The number of aromatic nitrogens is 2. The Hall–Kier alpha value is -3.73. The number of H-pyrrole nitrogens is 1. The number of benzene rings is 2. The predicted octanol–water partition coefficient (Wildman–Crippen LogP) is 3.99. The van der Waals surface area contributed by atoms with Crippen LogP contribution >= 0.6 is 0 Å². The van der Waals surface area contributed by atoms with E-state index < -0.39 is 0 Å². The molecule has 0 unspecified atom stereocenters. The number of pyridine rings is 1. The molecule has 1 amide bonds. The van der Waals surface area contributed by atoms with Gasteiger partial charge in [0.2, 0.25) is 0 Å². The molecule has 0 saturated carbocycles. The summed E-state index contributed by atoms with van der Waals surface area (Å²) in [5.41, 5.74) is 7.13. The summed E-state index contributed by atoms with van der Waals surface area (Å²) in [6, 6.07) is 19.5. The summed E-state index contributed by atoms with van der Waals surface area (Å²) in [5.74, 6) is -0.246. The van der Waals surface area contributed by atoms with Crippen LogP contribution in [0.5, 0.6) is 0 Å². The number of fused-ring (bicyclic) bond motifs is 1. The molecule has 2 heterocycles. The molecule has 0 saturated heterocycles. The van der Waals surface area contributed by atoms with E-state index in [1.807, 2.05) is 60.7 Å². The number of aromatic amines is 1. The average molecular weight is 340 g/mol. The van der Waals surface area contributed by atoms with Crippen LogP contribution in [0.15, 0.2) is 84.4 Å². The van der Waals surface area contributed by atoms with E-state index in [2.05, 4.69) is 20.5 Å². The first-order valence-corrected chi connectivity index (χ1v) is 8.21. The largest absolute Gasteiger partial charge is 0.360 e. The summed E-state index contributed by atoms with van der Waals surface area (Å²) in [6.07, 6.45) is 6.85. The van der Waals surface area contributed by atoms with Gasteiger partial charge in [-0.05, 0) is 41.0 Å². The summed E-state index contributed by atoms with van der Waals surface area (Å²) in [5, 5.41) is 4.96. The fourth-order valence-corrected chi connectivity index (χ4v) is 2.83. The second-order valence-corrected chi connectivity index (χ2v) is 5.81. The van der Waals surface area contributed by atoms with Gasteiger partial charge >= 0.3 is 0 Å². The molecule has 126 valence electrons. The van der Waals surface area contributed by atoms with Crippen LogP contribution in [-0.4, -0.2) is 22.1 Å². The lowest BCUT2D eigenvalue weighted by Crippen LogP contribution is -2.17. The molecule has 2 aromatic carbocycles. The number of hydrazone groups is 1. The topological polar surface area (TPSA) is 70.1 Å². The summed E-state index contributed by atoms with van der Waals surface area (Å²) >= 11 is 0. The van der Waals surface area contributed by atoms with Gasteiger partial charge in [0.1, 0.15) is 0 Å². The van der Waals surface area contributed by atoms with Gasteiger partial charge in [-0.2, -0.15) is 5.10 Å². The van der Waals surface area contributed by atoms with Crippen molar-refractivity contribution in [2.45, 2.75) is 0 Å². The van der Waals surface area contributed by atoms with Crippen LogP contribution in [0.4, 0.5) is 0 Å². The Kier molecular flexibility index (Phi) is 4.26. The number of para-hydroxylation sites is 1. The molecule has 0 radical (unpaired) electrons. The Morgan fingerprint density at radius 3 is 2.73 bits per heavy atom. The van der Waals surface area contributed by atoms with Crippen LogP contribution in [-0.2, 0) is 0 Å². The molecule has 0 atom stereocenters. The first-order valence-electron chi connectivity index (χ1n) is 8.21. The smallest absolute Gasteiger partial charge is 0.273 e. The average Bonchev–Trinajstić information content (AvgIpc) is 3.13. The Labute approximate surface area is 150 Å². The van der Waals surface area contributed by atoms with Crippen LogP contribution in [0.1, 0.15) is 15.9 Å². The quantitative estimate of drug-likeness (QED) is 0.435. The standard InChI is InChI=1S/C21H16N4O/c26-21(19-14-23-20-7-2-1-6-18(19)20)25-24-13-15-4-3-5-17(12-15)16-8-10-22-11-9-16/h1-14,23H,(H,25,26)/b24-13+. The van der Waals surface area contributed by atoms with Gasteiger partial charge in [0.25, 0.3) is 5.91 Å². The molecule has 0 spiro atoms. The Morgan fingerprint density at radius 1 is 1.00 bits per heavy atom. The predicted molar refractivity (Wildman–Crippen MR) is 103 cm³/mol. The maximum Gasteiger partial charge on any atom is 0.273 e. The molecule has 26 heavy (non-hydrogen) atoms. The second-order valence-electron chi connectivity index (χ2n) is 5.81. The molecule has 0 aliphatic heterocycles. The number of rotatable bonds is 4. The van der Waals surface area contributed by atoms with E-state index >= 15 is 0 Å². The third-order valence-electron chi connectivity index (χ3n) is 4.11. The highest BCUT2D eigenvalue weighted by Crippen LogP contribution is 2.19. The van der Waals surface area contributed by atoms with Crippen molar-refractivity contribution >= 4 is 23.0 Å². The number of hydrogen-bond acceptors (Lipinski definition) is 3. The van der Waals surface area contributed by atoms with E-state index in [4.69, 9.17) is 0 Å². The van der Waals surface area contributed by atoms with E-state index in [0.29, 0.717) is 5.56 Å². The summed E-state index contributed by atoms with van der Waals surface area (Å²) in [4.78, 5) is 19.5. The molecule has 0 bridgehead atoms. The van der Waals surface area contributed by atoms with Crippen molar-refractivity contribution < 1.29 is 4.79 Å². The van der Waals surface area contributed by atoms with Crippen LogP contribution in [0.25, 0.3) is 22.0 Å². The molecule has 0 fully saturated rings. The molecule has 2 N–H and O–H groups in total.